The van der Waals surface area contributed by atoms with Crippen LogP contribution in [0.15, 0.2) is 11.1 Å². The average molecular weight is 300 g/mol. The zero-order valence-corrected chi connectivity index (χ0v) is 10.4. The molecular weight excluding hydrogens is 291 g/mol. The number of amides is 1. The third-order valence-electron chi connectivity index (χ3n) is 1.96. The van der Waals surface area contributed by atoms with Gasteiger partial charge in [-0.1, -0.05) is 11.6 Å². The van der Waals surface area contributed by atoms with Gasteiger partial charge in [0.1, 0.15) is 13.1 Å². The Morgan fingerprint density at radius 2 is 2.21 bits per heavy atom. The Morgan fingerprint density at radius 3 is 2.74 bits per heavy atom. The Kier molecular flexibility index (Phi) is 4.76. The monoisotopic (exact) mass is 299 g/mol. The number of methoxy groups -OCH3 is 1. The number of nitrogens with one attached hydrogen (secondary N) is 1. The van der Waals surface area contributed by atoms with Crippen molar-refractivity contribution in [2.45, 2.75) is 12.7 Å². The van der Waals surface area contributed by atoms with E-state index in [1.54, 1.807) is 5.32 Å². The highest BCUT2D eigenvalue weighted by Gasteiger charge is 2.27. The molecule has 0 atom stereocenters. The van der Waals surface area contributed by atoms with Crippen molar-refractivity contribution in [2.75, 3.05) is 13.7 Å². The van der Waals surface area contributed by atoms with Crippen LogP contribution in [0.5, 0.6) is 5.75 Å². The highest BCUT2D eigenvalue weighted by Crippen LogP contribution is 2.14. The number of nitrogens with zero attached hydrogens (tertiary/aromatic N) is 2. The van der Waals surface area contributed by atoms with Crippen LogP contribution in [0.25, 0.3) is 0 Å². The molecule has 0 saturated heterocycles. The van der Waals surface area contributed by atoms with Crippen molar-refractivity contribution in [3.8, 4) is 5.75 Å². The first-order valence-electron chi connectivity index (χ1n) is 4.87. The second kappa shape index (κ2) is 5.91. The van der Waals surface area contributed by atoms with Crippen LogP contribution in [-0.4, -0.2) is 35.3 Å². The van der Waals surface area contributed by atoms with Crippen molar-refractivity contribution in [1.82, 2.24) is 14.9 Å². The van der Waals surface area contributed by atoms with E-state index in [9.17, 15) is 22.8 Å². The molecule has 1 rings (SSSR count). The minimum Gasteiger partial charge on any atom is -0.489 e. The van der Waals surface area contributed by atoms with Crippen LogP contribution in [0.4, 0.5) is 13.2 Å². The van der Waals surface area contributed by atoms with Crippen molar-refractivity contribution in [2.24, 2.45) is 0 Å². The number of rotatable bonds is 4. The van der Waals surface area contributed by atoms with Gasteiger partial charge in [0, 0.05) is 0 Å². The van der Waals surface area contributed by atoms with Crippen LogP contribution < -0.4 is 15.6 Å². The van der Waals surface area contributed by atoms with Crippen molar-refractivity contribution in [3.63, 3.8) is 0 Å². The van der Waals surface area contributed by atoms with Crippen molar-refractivity contribution in [3.05, 3.63) is 21.8 Å². The van der Waals surface area contributed by atoms with Gasteiger partial charge >= 0.3 is 6.18 Å². The number of ether oxygens (including phenoxy) is 1. The molecule has 1 aromatic heterocycles. The number of carbonyl (C=O) groups is 1. The summed E-state index contributed by atoms with van der Waals surface area (Å²) in [5, 5.41) is 1.43. The molecule has 106 valence electrons. The predicted octanol–water partition coefficient (Wildman–Crippen LogP) is 0.584. The summed E-state index contributed by atoms with van der Waals surface area (Å²) >= 11 is 5.56. The van der Waals surface area contributed by atoms with Gasteiger partial charge < -0.3 is 10.1 Å². The largest absolute Gasteiger partial charge is 0.489 e. The van der Waals surface area contributed by atoms with E-state index in [1.165, 1.54) is 7.11 Å². The van der Waals surface area contributed by atoms with Crippen LogP contribution in [0, 0.1) is 0 Å². The first-order valence-corrected chi connectivity index (χ1v) is 5.25. The molecule has 1 heterocycles. The Balaban J connectivity index is 2.78. The third kappa shape index (κ3) is 4.43. The van der Waals surface area contributed by atoms with Crippen LogP contribution in [-0.2, 0) is 11.3 Å². The lowest BCUT2D eigenvalue weighted by Crippen LogP contribution is -2.38. The van der Waals surface area contributed by atoms with E-state index in [0.717, 1.165) is 10.9 Å². The molecule has 1 aromatic rings. The summed E-state index contributed by atoms with van der Waals surface area (Å²) in [6, 6.07) is 0. The molecule has 0 unspecified atom stereocenters. The Labute approximate surface area is 110 Å². The lowest BCUT2D eigenvalue weighted by atomic mass is 10.5. The van der Waals surface area contributed by atoms with E-state index >= 15 is 0 Å². The van der Waals surface area contributed by atoms with E-state index in [1.807, 2.05) is 0 Å². The van der Waals surface area contributed by atoms with Gasteiger partial charge in [-0.05, 0) is 0 Å². The maximum absolute atomic E-state index is 11.9. The van der Waals surface area contributed by atoms with Gasteiger partial charge in [0.15, 0.2) is 5.15 Å². The highest BCUT2D eigenvalue weighted by molar-refractivity contribution is 6.30. The van der Waals surface area contributed by atoms with Crippen LogP contribution in [0.2, 0.25) is 5.15 Å². The van der Waals surface area contributed by atoms with Gasteiger partial charge in [-0.15, -0.1) is 0 Å². The van der Waals surface area contributed by atoms with Gasteiger partial charge in [-0.2, -0.15) is 13.2 Å². The van der Waals surface area contributed by atoms with Gasteiger partial charge in [-0.25, -0.2) is 4.98 Å². The van der Waals surface area contributed by atoms with Gasteiger partial charge in [0.05, 0.1) is 13.4 Å². The molecule has 0 aromatic carbocycles. The highest BCUT2D eigenvalue weighted by atomic mass is 35.5. The Morgan fingerprint density at radius 1 is 1.58 bits per heavy atom. The van der Waals surface area contributed by atoms with Crippen LogP contribution in [0.3, 0.4) is 0 Å². The van der Waals surface area contributed by atoms with Crippen molar-refractivity contribution in [1.29, 1.82) is 0 Å². The summed E-state index contributed by atoms with van der Waals surface area (Å²) in [5.41, 5.74) is -0.760. The van der Waals surface area contributed by atoms with Crippen molar-refractivity contribution >= 4 is 17.5 Å². The second-order valence-corrected chi connectivity index (χ2v) is 3.75. The number of alkyl halides is 3. The molecule has 0 aliphatic rings. The smallest absolute Gasteiger partial charge is 0.405 e. The molecule has 0 aliphatic carbocycles. The van der Waals surface area contributed by atoms with E-state index in [2.05, 4.69) is 9.72 Å². The van der Waals surface area contributed by atoms with Gasteiger partial charge in [0.2, 0.25) is 11.7 Å². The zero-order chi connectivity index (χ0) is 14.6. The molecule has 1 amide bonds. The normalized spacial score (nSPS) is 11.2. The molecule has 0 spiro atoms. The zero-order valence-electron chi connectivity index (χ0n) is 9.62. The maximum atomic E-state index is 11.9. The molecule has 0 saturated carbocycles. The lowest BCUT2D eigenvalue weighted by molar-refractivity contribution is -0.138. The molecule has 19 heavy (non-hydrogen) atoms. The number of carbonyl (C=O) groups excluding carboxylic acids is 1. The third-order valence-corrected chi connectivity index (χ3v) is 2.23. The summed E-state index contributed by atoms with van der Waals surface area (Å²) < 4.78 is 41.1. The minimum atomic E-state index is -4.52. The first kappa shape index (κ1) is 15.3. The molecule has 6 nitrogen and oxygen atoms in total. The average Bonchev–Trinajstić information content (AvgIpc) is 2.30. The fourth-order valence-electron chi connectivity index (χ4n) is 1.14. The molecule has 0 fully saturated rings. The summed E-state index contributed by atoms with van der Waals surface area (Å²) in [7, 11) is 1.18. The maximum Gasteiger partial charge on any atom is 0.405 e. The fraction of sp³-hybridized carbons (Fsp3) is 0.444. The number of hydrogen-bond acceptors (Lipinski definition) is 4. The molecule has 0 aliphatic heterocycles. The lowest BCUT2D eigenvalue weighted by Gasteiger charge is -2.10. The molecule has 1 N–H and O–H groups in total. The van der Waals surface area contributed by atoms with E-state index in [-0.39, 0.29) is 10.9 Å². The van der Waals surface area contributed by atoms with E-state index in [4.69, 9.17) is 11.6 Å². The van der Waals surface area contributed by atoms with E-state index < -0.39 is 30.7 Å². The first-order chi connectivity index (χ1) is 8.74. The molecule has 0 bridgehead atoms. The summed E-state index contributed by atoms with van der Waals surface area (Å²) in [6.07, 6.45) is -3.57. The standard InChI is InChI=1S/C9H9ClF3N3O3/c1-19-6-7(10)15-4-16(8(6)18)2-5(17)14-3-9(11,12)13/h4H,2-3H2,1H3,(H,14,17). The molecule has 0 radical (unpaired) electrons. The second-order valence-electron chi connectivity index (χ2n) is 3.39. The molecule has 10 heteroatoms. The minimum absolute atomic E-state index is 0.195. The van der Waals surface area contributed by atoms with Gasteiger partial charge in [0.25, 0.3) is 5.56 Å². The fourth-order valence-corrected chi connectivity index (χ4v) is 1.35. The van der Waals surface area contributed by atoms with Crippen molar-refractivity contribution < 1.29 is 22.7 Å². The Hall–Kier alpha value is -1.77. The SMILES string of the molecule is COc1c(Cl)ncn(CC(=O)NCC(F)(F)F)c1=O. The quantitative estimate of drug-likeness (QED) is 0.826. The van der Waals surface area contributed by atoms with Crippen LogP contribution in [0.1, 0.15) is 0 Å². The number of halogens is 4. The molecular formula is C9H9ClF3N3O3. The predicted molar refractivity (Wildman–Crippen MR) is 59.1 cm³/mol. The van der Waals surface area contributed by atoms with Crippen LogP contribution >= 0.6 is 11.6 Å². The Bertz CT molecular complexity index is 530. The number of hydrogen-bond donors (Lipinski definition) is 1. The topological polar surface area (TPSA) is 73.2 Å². The number of aromatic nitrogens is 2. The summed E-state index contributed by atoms with van der Waals surface area (Å²) in [5.74, 6) is -1.27. The van der Waals surface area contributed by atoms with E-state index in [0.29, 0.717) is 0 Å². The van der Waals surface area contributed by atoms with Gasteiger partial charge in [-0.3, -0.25) is 14.2 Å². The summed E-state index contributed by atoms with van der Waals surface area (Å²) in [6.45, 7) is -2.09. The summed E-state index contributed by atoms with van der Waals surface area (Å²) in [4.78, 5) is 26.5.